The maximum absolute atomic E-state index is 11.0. The number of nitrogens with one attached hydrogen (secondary N) is 1. The fourth-order valence-electron chi connectivity index (χ4n) is 1.66. The molecular weight excluding hydrogens is 338 g/mol. The third kappa shape index (κ3) is 4.16. The molecule has 1 aromatic carbocycles. The van der Waals surface area contributed by atoms with Crippen LogP contribution in [0.15, 0.2) is 40.9 Å². The molecular formula is C14H14BrN3O3. The molecule has 2 rings (SSSR count). The summed E-state index contributed by atoms with van der Waals surface area (Å²) >= 11 is 3.20. The van der Waals surface area contributed by atoms with Crippen LogP contribution in [0.2, 0.25) is 0 Å². The third-order valence-electron chi connectivity index (χ3n) is 2.61. The maximum atomic E-state index is 11.0. The van der Waals surface area contributed by atoms with Crippen LogP contribution in [-0.2, 0) is 0 Å². The van der Waals surface area contributed by atoms with E-state index in [1.165, 1.54) is 12.1 Å². The summed E-state index contributed by atoms with van der Waals surface area (Å²) in [6, 6.07) is 9.87. The Bertz CT molecular complexity index is 649. The van der Waals surface area contributed by atoms with Crippen LogP contribution in [0.5, 0.6) is 11.6 Å². The number of ether oxygens (including phenoxy) is 1. The molecule has 6 nitrogen and oxygen atoms in total. The molecule has 0 fully saturated rings. The lowest BCUT2D eigenvalue weighted by Gasteiger charge is -2.08. The van der Waals surface area contributed by atoms with Crippen LogP contribution < -0.4 is 10.1 Å². The number of aromatic nitrogens is 1. The van der Waals surface area contributed by atoms with E-state index >= 15 is 0 Å². The average Bonchev–Trinajstić information content (AvgIpc) is 2.47. The molecule has 7 heteroatoms. The first kappa shape index (κ1) is 15.2. The van der Waals surface area contributed by atoms with Gasteiger partial charge in [-0.25, -0.2) is 0 Å². The number of nitro benzene ring substituents is 1. The van der Waals surface area contributed by atoms with E-state index in [2.05, 4.69) is 33.2 Å². The topological polar surface area (TPSA) is 77.3 Å². The Balaban J connectivity index is 2.24. The molecule has 0 unspecified atom stereocenters. The standard InChI is InChI=1S/C14H14BrN3O3/c1-2-8-16-13-4-3-5-14(17-13)21-12-7-6-10(15)9-11(12)18(19)20/h3-7,9H,2,8H2,1H3,(H,16,17). The SMILES string of the molecule is CCCNc1cccc(Oc2ccc(Br)cc2[N+](=O)[O-])n1. The molecule has 0 radical (unpaired) electrons. The highest BCUT2D eigenvalue weighted by Crippen LogP contribution is 2.33. The van der Waals surface area contributed by atoms with Crippen LogP contribution >= 0.6 is 15.9 Å². The molecule has 0 atom stereocenters. The van der Waals surface area contributed by atoms with Crippen molar-refractivity contribution in [2.24, 2.45) is 0 Å². The quantitative estimate of drug-likeness (QED) is 0.617. The second-order valence-electron chi connectivity index (χ2n) is 4.26. The van der Waals surface area contributed by atoms with Crippen molar-refractivity contribution < 1.29 is 9.66 Å². The van der Waals surface area contributed by atoms with Crippen molar-refractivity contribution in [3.8, 4) is 11.6 Å². The third-order valence-corrected chi connectivity index (χ3v) is 3.11. The fourth-order valence-corrected chi connectivity index (χ4v) is 2.00. The molecule has 110 valence electrons. The summed E-state index contributed by atoms with van der Waals surface area (Å²) in [5.74, 6) is 1.14. The lowest BCUT2D eigenvalue weighted by Crippen LogP contribution is -2.02. The molecule has 0 saturated heterocycles. The normalized spacial score (nSPS) is 10.2. The highest BCUT2D eigenvalue weighted by Gasteiger charge is 2.16. The molecule has 0 saturated carbocycles. The Morgan fingerprint density at radius 2 is 2.19 bits per heavy atom. The molecule has 1 N–H and O–H groups in total. The lowest BCUT2D eigenvalue weighted by molar-refractivity contribution is -0.385. The van der Waals surface area contributed by atoms with Crippen LogP contribution in [0.4, 0.5) is 11.5 Å². The largest absolute Gasteiger partial charge is 0.432 e. The van der Waals surface area contributed by atoms with E-state index in [-0.39, 0.29) is 11.4 Å². The Kier molecular flexibility index (Phi) is 5.10. The first-order chi connectivity index (χ1) is 10.1. The van der Waals surface area contributed by atoms with E-state index in [1.807, 2.05) is 6.07 Å². The Morgan fingerprint density at radius 1 is 1.38 bits per heavy atom. The Morgan fingerprint density at radius 3 is 2.90 bits per heavy atom. The second-order valence-corrected chi connectivity index (χ2v) is 5.17. The van der Waals surface area contributed by atoms with Crippen molar-refractivity contribution in [2.75, 3.05) is 11.9 Å². The van der Waals surface area contributed by atoms with E-state index in [0.717, 1.165) is 13.0 Å². The van der Waals surface area contributed by atoms with E-state index in [0.29, 0.717) is 16.2 Å². The molecule has 2 aromatic rings. The number of benzene rings is 1. The number of hydrogen-bond acceptors (Lipinski definition) is 5. The molecule has 0 amide bonds. The van der Waals surface area contributed by atoms with Crippen molar-refractivity contribution in [1.82, 2.24) is 4.98 Å². The van der Waals surface area contributed by atoms with Gasteiger partial charge in [0.05, 0.1) is 4.92 Å². The first-order valence-electron chi connectivity index (χ1n) is 6.43. The summed E-state index contributed by atoms with van der Waals surface area (Å²) in [5, 5.41) is 14.2. The van der Waals surface area contributed by atoms with Crippen molar-refractivity contribution in [2.45, 2.75) is 13.3 Å². The first-order valence-corrected chi connectivity index (χ1v) is 7.22. The van der Waals surface area contributed by atoms with Gasteiger partial charge in [-0.1, -0.05) is 28.9 Å². The van der Waals surface area contributed by atoms with E-state index < -0.39 is 4.92 Å². The number of anilines is 1. The van der Waals surface area contributed by atoms with Gasteiger partial charge in [-0.05, 0) is 24.6 Å². The predicted octanol–water partition coefficient (Wildman–Crippen LogP) is 4.37. The van der Waals surface area contributed by atoms with Gasteiger partial charge in [0.2, 0.25) is 11.6 Å². The van der Waals surface area contributed by atoms with Gasteiger partial charge in [0, 0.05) is 23.2 Å². The van der Waals surface area contributed by atoms with Gasteiger partial charge in [0.15, 0.2) is 0 Å². The summed E-state index contributed by atoms with van der Waals surface area (Å²) < 4.78 is 6.15. The molecule has 0 aliphatic heterocycles. The molecule has 1 heterocycles. The minimum Gasteiger partial charge on any atom is -0.432 e. The molecule has 1 aromatic heterocycles. The summed E-state index contributed by atoms with van der Waals surface area (Å²) in [6.07, 6.45) is 0.977. The molecule has 0 aliphatic carbocycles. The smallest absolute Gasteiger partial charge is 0.312 e. The zero-order chi connectivity index (χ0) is 15.2. The van der Waals surface area contributed by atoms with Gasteiger partial charge in [-0.3, -0.25) is 10.1 Å². The summed E-state index contributed by atoms with van der Waals surface area (Å²) in [5.41, 5.74) is -0.113. The van der Waals surface area contributed by atoms with Crippen LogP contribution in [0.1, 0.15) is 13.3 Å². The van der Waals surface area contributed by atoms with Crippen LogP contribution in [0.25, 0.3) is 0 Å². The van der Waals surface area contributed by atoms with Gasteiger partial charge in [-0.2, -0.15) is 4.98 Å². The average molecular weight is 352 g/mol. The molecule has 0 bridgehead atoms. The Labute approximate surface area is 130 Å². The van der Waals surface area contributed by atoms with Crippen molar-refractivity contribution in [1.29, 1.82) is 0 Å². The summed E-state index contributed by atoms with van der Waals surface area (Å²) in [4.78, 5) is 14.8. The summed E-state index contributed by atoms with van der Waals surface area (Å²) in [7, 11) is 0. The molecule has 0 aliphatic rings. The van der Waals surface area contributed by atoms with E-state index in [9.17, 15) is 10.1 Å². The van der Waals surface area contributed by atoms with Crippen LogP contribution in [0, 0.1) is 10.1 Å². The van der Waals surface area contributed by atoms with Crippen molar-refractivity contribution >= 4 is 27.4 Å². The number of pyridine rings is 1. The zero-order valence-electron chi connectivity index (χ0n) is 11.4. The lowest BCUT2D eigenvalue weighted by atomic mass is 10.3. The van der Waals surface area contributed by atoms with Crippen LogP contribution in [-0.4, -0.2) is 16.5 Å². The minimum atomic E-state index is -0.487. The minimum absolute atomic E-state index is 0.113. The number of hydrogen-bond donors (Lipinski definition) is 1. The van der Waals surface area contributed by atoms with Crippen molar-refractivity contribution in [3.05, 3.63) is 51.0 Å². The summed E-state index contributed by atoms with van der Waals surface area (Å²) in [6.45, 7) is 2.85. The zero-order valence-corrected chi connectivity index (χ0v) is 13.0. The van der Waals surface area contributed by atoms with Gasteiger partial charge in [0.25, 0.3) is 0 Å². The maximum Gasteiger partial charge on any atom is 0.312 e. The Hall–Kier alpha value is -2.15. The second kappa shape index (κ2) is 7.03. The van der Waals surface area contributed by atoms with E-state index in [1.54, 1.807) is 18.2 Å². The monoisotopic (exact) mass is 351 g/mol. The van der Waals surface area contributed by atoms with Gasteiger partial charge >= 0.3 is 5.69 Å². The van der Waals surface area contributed by atoms with Gasteiger partial charge in [-0.15, -0.1) is 0 Å². The number of nitrogens with zero attached hydrogens (tertiary/aromatic N) is 2. The number of halogens is 1. The number of nitro groups is 1. The highest BCUT2D eigenvalue weighted by atomic mass is 79.9. The fraction of sp³-hybridized carbons (Fsp3) is 0.214. The molecule has 0 spiro atoms. The molecule has 21 heavy (non-hydrogen) atoms. The van der Waals surface area contributed by atoms with Crippen LogP contribution in [0.3, 0.4) is 0 Å². The van der Waals surface area contributed by atoms with Gasteiger partial charge in [0.1, 0.15) is 5.82 Å². The number of rotatable bonds is 6. The highest BCUT2D eigenvalue weighted by molar-refractivity contribution is 9.10. The predicted molar refractivity (Wildman–Crippen MR) is 83.9 cm³/mol. The van der Waals surface area contributed by atoms with E-state index in [4.69, 9.17) is 4.74 Å². The van der Waals surface area contributed by atoms with Gasteiger partial charge < -0.3 is 10.1 Å². The van der Waals surface area contributed by atoms with Crippen molar-refractivity contribution in [3.63, 3.8) is 0 Å².